The van der Waals surface area contributed by atoms with E-state index >= 15 is 0 Å². The Bertz CT molecular complexity index is 1020. The number of nitrogens with zero attached hydrogens (tertiary/aromatic N) is 8. The molecule has 0 N–H and O–H groups in total. The van der Waals surface area contributed by atoms with Crippen LogP contribution in [0, 0.1) is 0 Å². The molecular formula is C22H28N8O. The highest BCUT2D eigenvalue weighted by molar-refractivity contribution is 5.76. The van der Waals surface area contributed by atoms with Crippen molar-refractivity contribution >= 4 is 23.2 Å². The van der Waals surface area contributed by atoms with Crippen molar-refractivity contribution < 1.29 is 4.79 Å². The van der Waals surface area contributed by atoms with Gasteiger partial charge < -0.3 is 14.7 Å². The first-order chi connectivity index (χ1) is 15.3. The third-order valence-electron chi connectivity index (χ3n) is 6.16. The molecule has 5 rings (SSSR count). The number of piperazine rings is 1. The molecule has 2 fully saturated rings. The van der Waals surface area contributed by atoms with Crippen molar-refractivity contribution in [2.24, 2.45) is 0 Å². The van der Waals surface area contributed by atoms with Crippen molar-refractivity contribution in [2.75, 3.05) is 49.1 Å². The van der Waals surface area contributed by atoms with Gasteiger partial charge in [0.2, 0.25) is 5.91 Å². The highest BCUT2D eigenvalue weighted by atomic mass is 16.2. The van der Waals surface area contributed by atoms with E-state index < -0.39 is 0 Å². The van der Waals surface area contributed by atoms with E-state index in [1.54, 1.807) is 10.7 Å². The number of carbonyl (C=O) groups excluding carboxylic acids is 1. The van der Waals surface area contributed by atoms with E-state index in [0.717, 1.165) is 49.3 Å². The van der Waals surface area contributed by atoms with Gasteiger partial charge in [0.15, 0.2) is 11.5 Å². The number of hydrogen-bond acceptors (Lipinski definition) is 7. The predicted octanol–water partition coefficient (Wildman–Crippen LogP) is 1.79. The first kappa shape index (κ1) is 19.7. The Morgan fingerprint density at radius 1 is 0.839 bits per heavy atom. The summed E-state index contributed by atoms with van der Waals surface area (Å²) in [5, 5.41) is 13.3. The zero-order chi connectivity index (χ0) is 21.0. The van der Waals surface area contributed by atoms with E-state index in [0.29, 0.717) is 25.9 Å². The second kappa shape index (κ2) is 8.87. The summed E-state index contributed by atoms with van der Waals surface area (Å²) in [7, 11) is 0. The average Bonchev–Trinajstić information content (AvgIpc) is 3.26. The Kier molecular flexibility index (Phi) is 5.64. The molecule has 0 saturated carbocycles. The van der Waals surface area contributed by atoms with Gasteiger partial charge in [-0.3, -0.25) is 4.79 Å². The number of aryl methyl sites for hydroxylation is 1. The first-order valence-electron chi connectivity index (χ1n) is 11.2. The second-order valence-corrected chi connectivity index (χ2v) is 8.18. The Morgan fingerprint density at radius 3 is 2.42 bits per heavy atom. The summed E-state index contributed by atoms with van der Waals surface area (Å²) in [6.07, 6.45) is 6.46. The standard InChI is InChI=1S/C22H28N8O/c31-22(29-16-14-28(15-17-29)18-6-2-3-11-23-18)10-9-20-25-24-19-7-8-21(26-30(19)20)27-12-4-1-5-13-27/h2-3,6-8,11H,1,4-5,9-10,12-17H2. The topological polar surface area (TPSA) is 82.8 Å². The lowest BCUT2D eigenvalue weighted by molar-refractivity contribution is -0.131. The minimum atomic E-state index is 0.157. The molecule has 0 aromatic carbocycles. The fraction of sp³-hybridized carbons (Fsp3) is 0.500. The van der Waals surface area contributed by atoms with E-state index in [-0.39, 0.29) is 5.91 Å². The van der Waals surface area contributed by atoms with E-state index in [4.69, 9.17) is 5.10 Å². The van der Waals surface area contributed by atoms with Crippen LogP contribution in [0.3, 0.4) is 0 Å². The Balaban J connectivity index is 1.19. The van der Waals surface area contributed by atoms with Crippen LogP contribution in [0.1, 0.15) is 31.5 Å². The van der Waals surface area contributed by atoms with Crippen molar-refractivity contribution in [1.82, 2.24) is 29.7 Å². The lowest BCUT2D eigenvalue weighted by atomic mass is 10.1. The fourth-order valence-corrected chi connectivity index (χ4v) is 4.37. The largest absolute Gasteiger partial charge is 0.355 e. The van der Waals surface area contributed by atoms with Crippen LogP contribution in [0.25, 0.3) is 5.65 Å². The summed E-state index contributed by atoms with van der Waals surface area (Å²) in [5.41, 5.74) is 0.729. The van der Waals surface area contributed by atoms with Crippen LogP contribution in [0.15, 0.2) is 36.5 Å². The average molecular weight is 421 g/mol. The highest BCUT2D eigenvalue weighted by Crippen LogP contribution is 2.18. The molecular weight excluding hydrogens is 392 g/mol. The number of rotatable bonds is 5. The Labute approximate surface area is 181 Å². The van der Waals surface area contributed by atoms with Gasteiger partial charge in [0, 0.05) is 58.3 Å². The molecule has 162 valence electrons. The smallest absolute Gasteiger partial charge is 0.223 e. The van der Waals surface area contributed by atoms with Crippen LogP contribution in [0.5, 0.6) is 0 Å². The van der Waals surface area contributed by atoms with Gasteiger partial charge in [-0.05, 0) is 43.5 Å². The number of amides is 1. The molecule has 5 heterocycles. The van der Waals surface area contributed by atoms with Crippen molar-refractivity contribution in [2.45, 2.75) is 32.1 Å². The molecule has 9 heteroatoms. The van der Waals surface area contributed by atoms with Gasteiger partial charge >= 0.3 is 0 Å². The summed E-state index contributed by atoms with van der Waals surface area (Å²) in [4.78, 5) is 23.7. The van der Waals surface area contributed by atoms with Crippen LogP contribution in [0.4, 0.5) is 11.6 Å². The number of pyridine rings is 1. The molecule has 2 saturated heterocycles. The van der Waals surface area contributed by atoms with Gasteiger partial charge in [0.05, 0.1) is 0 Å². The minimum Gasteiger partial charge on any atom is -0.355 e. The number of carbonyl (C=O) groups is 1. The lowest BCUT2D eigenvalue weighted by Gasteiger charge is -2.35. The molecule has 0 bridgehead atoms. The molecule has 9 nitrogen and oxygen atoms in total. The summed E-state index contributed by atoms with van der Waals surface area (Å²) in [6.45, 7) is 5.12. The van der Waals surface area contributed by atoms with Crippen molar-refractivity contribution in [3.63, 3.8) is 0 Å². The monoisotopic (exact) mass is 420 g/mol. The number of fused-ring (bicyclic) bond motifs is 1. The third-order valence-corrected chi connectivity index (χ3v) is 6.16. The van der Waals surface area contributed by atoms with Gasteiger partial charge in [0.25, 0.3) is 0 Å². The quantitative estimate of drug-likeness (QED) is 0.622. The molecule has 0 unspecified atom stereocenters. The van der Waals surface area contributed by atoms with Crippen LogP contribution in [-0.4, -0.2) is 74.9 Å². The molecule has 3 aromatic rings. The zero-order valence-electron chi connectivity index (χ0n) is 17.7. The van der Waals surface area contributed by atoms with E-state index in [2.05, 4.69) is 25.0 Å². The number of hydrogen-bond donors (Lipinski definition) is 0. The molecule has 0 radical (unpaired) electrons. The maximum atomic E-state index is 12.8. The van der Waals surface area contributed by atoms with Crippen LogP contribution < -0.4 is 9.80 Å². The molecule has 0 spiro atoms. The maximum Gasteiger partial charge on any atom is 0.223 e. The van der Waals surface area contributed by atoms with Gasteiger partial charge in [-0.1, -0.05) is 6.07 Å². The van der Waals surface area contributed by atoms with Gasteiger partial charge in [-0.15, -0.1) is 15.3 Å². The lowest BCUT2D eigenvalue weighted by Crippen LogP contribution is -2.49. The van der Waals surface area contributed by atoms with E-state index in [1.807, 2.05) is 35.2 Å². The molecule has 31 heavy (non-hydrogen) atoms. The Morgan fingerprint density at radius 2 is 1.65 bits per heavy atom. The van der Waals surface area contributed by atoms with E-state index in [1.165, 1.54) is 19.3 Å². The van der Waals surface area contributed by atoms with Crippen LogP contribution in [0.2, 0.25) is 0 Å². The molecule has 0 atom stereocenters. The first-order valence-corrected chi connectivity index (χ1v) is 11.2. The van der Waals surface area contributed by atoms with Crippen LogP contribution >= 0.6 is 0 Å². The molecule has 2 aliphatic rings. The Hall–Kier alpha value is -3.23. The normalized spacial score (nSPS) is 17.4. The van der Waals surface area contributed by atoms with Gasteiger partial charge in [0.1, 0.15) is 11.6 Å². The van der Waals surface area contributed by atoms with Crippen LogP contribution in [-0.2, 0) is 11.2 Å². The highest BCUT2D eigenvalue weighted by Gasteiger charge is 2.22. The number of anilines is 2. The van der Waals surface area contributed by atoms with Gasteiger partial charge in [-0.25, -0.2) is 4.98 Å². The summed E-state index contributed by atoms with van der Waals surface area (Å²) in [6, 6.07) is 9.91. The maximum absolute atomic E-state index is 12.8. The molecule has 2 aliphatic heterocycles. The third kappa shape index (κ3) is 4.30. The van der Waals surface area contributed by atoms with Crippen molar-refractivity contribution in [1.29, 1.82) is 0 Å². The fourth-order valence-electron chi connectivity index (χ4n) is 4.37. The van der Waals surface area contributed by atoms with Crippen molar-refractivity contribution in [3.8, 4) is 0 Å². The van der Waals surface area contributed by atoms with Gasteiger partial charge in [-0.2, -0.15) is 4.52 Å². The second-order valence-electron chi connectivity index (χ2n) is 8.18. The molecule has 3 aromatic heterocycles. The predicted molar refractivity (Wildman–Crippen MR) is 118 cm³/mol. The summed E-state index contributed by atoms with van der Waals surface area (Å²) < 4.78 is 1.80. The SMILES string of the molecule is O=C(CCc1nnc2ccc(N3CCCCC3)nn12)N1CCN(c2ccccn2)CC1. The van der Waals surface area contributed by atoms with E-state index in [9.17, 15) is 4.79 Å². The van der Waals surface area contributed by atoms with Crippen molar-refractivity contribution in [3.05, 3.63) is 42.4 Å². The zero-order valence-corrected chi connectivity index (χ0v) is 17.7. The summed E-state index contributed by atoms with van der Waals surface area (Å²) >= 11 is 0. The minimum absolute atomic E-state index is 0.157. The molecule has 0 aliphatic carbocycles. The number of piperidine rings is 1. The number of aromatic nitrogens is 5. The summed E-state index contributed by atoms with van der Waals surface area (Å²) in [5.74, 6) is 2.84. The molecule has 1 amide bonds.